The summed E-state index contributed by atoms with van der Waals surface area (Å²) in [5, 5.41) is 3.71. The van der Waals surface area contributed by atoms with Crippen LogP contribution in [0, 0.1) is 23.7 Å². The Labute approximate surface area is 157 Å². The Balaban J connectivity index is 0.00000288. The molecule has 1 saturated carbocycles. The zero-order chi connectivity index (χ0) is 17.0. The zero-order valence-corrected chi connectivity index (χ0v) is 16.4. The average Bonchev–Trinajstić information content (AvgIpc) is 2.52. The molecule has 24 heavy (non-hydrogen) atoms. The molecule has 0 aromatic heterocycles. The quantitative estimate of drug-likeness (QED) is 0.793. The minimum Gasteiger partial charge on any atom is -0.354 e. The van der Waals surface area contributed by atoms with Gasteiger partial charge in [0.2, 0.25) is 5.91 Å². The third-order valence-electron chi connectivity index (χ3n) is 5.16. The van der Waals surface area contributed by atoms with Gasteiger partial charge in [-0.1, -0.05) is 57.0 Å². The molecule has 0 heterocycles. The summed E-state index contributed by atoms with van der Waals surface area (Å²) < 4.78 is 0. The largest absolute Gasteiger partial charge is 0.354 e. The van der Waals surface area contributed by atoms with E-state index >= 15 is 0 Å². The molecule has 4 atom stereocenters. The van der Waals surface area contributed by atoms with Crippen molar-refractivity contribution in [1.82, 2.24) is 5.32 Å². The first-order valence-corrected chi connectivity index (χ1v) is 9.05. The molecule has 1 aliphatic rings. The standard InChI is InChI=1S/C19H29ClN2O.ClH/c1-12(2)14-9-8-13(3)10-16(14)19(23)22-11-18(21)15-6-4-5-7-17(15)20;/h4-7,12-14,16,18H,8-11,21H2,1-3H3,(H,22,23);1H/t13-,14+,16-,18-;/m1./s1. The Morgan fingerprint density at radius 1 is 1.33 bits per heavy atom. The Hall–Kier alpha value is -0.770. The predicted octanol–water partition coefficient (Wildman–Crippen LogP) is 4.59. The lowest BCUT2D eigenvalue weighted by Gasteiger charge is -2.36. The second-order valence-corrected chi connectivity index (χ2v) is 7.71. The minimum absolute atomic E-state index is 0. The van der Waals surface area contributed by atoms with Crippen molar-refractivity contribution in [2.45, 2.75) is 46.1 Å². The van der Waals surface area contributed by atoms with Crippen LogP contribution in [0.1, 0.15) is 51.6 Å². The summed E-state index contributed by atoms with van der Waals surface area (Å²) in [6.07, 6.45) is 3.36. The molecule has 0 saturated heterocycles. The third-order valence-corrected chi connectivity index (χ3v) is 5.50. The maximum atomic E-state index is 12.7. The van der Waals surface area contributed by atoms with E-state index in [0.717, 1.165) is 18.4 Å². The van der Waals surface area contributed by atoms with Crippen molar-refractivity contribution < 1.29 is 4.79 Å². The third kappa shape index (κ3) is 5.37. The fourth-order valence-corrected chi connectivity index (χ4v) is 4.01. The smallest absolute Gasteiger partial charge is 0.223 e. The molecule has 5 heteroatoms. The van der Waals surface area contributed by atoms with Gasteiger partial charge in [-0.05, 0) is 42.2 Å². The van der Waals surface area contributed by atoms with Crippen LogP contribution < -0.4 is 11.1 Å². The molecule has 1 fully saturated rings. The molecule has 1 aliphatic carbocycles. The summed E-state index contributed by atoms with van der Waals surface area (Å²) in [7, 11) is 0. The molecular weight excluding hydrogens is 343 g/mol. The lowest BCUT2D eigenvalue weighted by molar-refractivity contribution is -0.129. The molecule has 1 aromatic rings. The lowest BCUT2D eigenvalue weighted by atomic mass is 9.70. The van der Waals surface area contributed by atoms with Gasteiger partial charge < -0.3 is 11.1 Å². The Bertz CT molecular complexity index is 536. The van der Waals surface area contributed by atoms with Crippen LogP contribution in [0.15, 0.2) is 24.3 Å². The highest BCUT2D eigenvalue weighted by Crippen LogP contribution is 2.38. The molecule has 0 aliphatic heterocycles. The number of carbonyl (C=O) groups excluding carboxylic acids is 1. The number of amides is 1. The molecule has 0 unspecified atom stereocenters. The van der Waals surface area contributed by atoms with E-state index in [2.05, 4.69) is 26.1 Å². The summed E-state index contributed by atoms with van der Waals surface area (Å²) >= 11 is 6.17. The van der Waals surface area contributed by atoms with Crippen LogP contribution in [0.5, 0.6) is 0 Å². The van der Waals surface area contributed by atoms with Crippen molar-refractivity contribution in [2.24, 2.45) is 29.4 Å². The van der Waals surface area contributed by atoms with Crippen LogP contribution in [-0.2, 0) is 4.79 Å². The first kappa shape index (κ1) is 21.3. The lowest BCUT2D eigenvalue weighted by Crippen LogP contribution is -2.42. The Morgan fingerprint density at radius 3 is 2.62 bits per heavy atom. The topological polar surface area (TPSA) is 55.1 Å². The number of carbonyl (C=O) groups is 1. The molecule has 0 bridgehead atoms. The van der Waals surface area contributed by atoms with Crippen LogP contribution >= 0.6 is 24.0 Å². The molecule has 0 spiro atoms. The normalized spacial score (nSPS) is 25.0. The summed E-state index contributed by atoms with van der Waals surface area (Å²) in [6.45, 7) is 7.11. The van der Waals surface area contributed by atoms with Gasteiger partial charge in [0.15, 0.2) is 0 Å². The molecule has 2 rings (SSSR count). The number of rotatable bonds is 5. The van der Waals surface area contributed by atoms with Crippen LogP contribution in [0.2, 0.25) is 5.02 Å². The molecule has 3 nitrogen and oxygen atoms in total. The van der Waals surface area contributed by atoms with Gasteiger partial charge in [-0.2, -0.15) is 0 Å². The SMILES string of the molecule is CC(C)[C@@H]1CC[C@@H](C)C[C@H]1C(=O)NC[C@@H](N)c1ccccc1Cl.Cl. The van der Waals surface area contributed by atoms with Crippen LogP contribution in [0.3, 0.4) is 0 Å². The van der Waals surface area contributed by atoms with Gasteiger partial charge in [0.1, 0.15) is 0 Å². The van der Waals surface area contributed by atoms with Crippen LogP contribution in [0.25, 0.3) is 0 Å². The summed E-state index contributed by atoms with van der Waals surface area (Å²) in [5.74, 6) is 1.89. The maximum absolute atomic E-state index is 12.7. The number of halogens is 2. The highest BCUT2D eigenvalue weighted by Gasteiger charge is 2.35. The van der Waals surface area contributed by atoms with Gasteiger partial charge in [0.25, 0.3) is 0 Å². The Kier molecular flexibility index (Phi) is 8.55. The first-order valence-electron chi connectivity index (χ1n) is 8.67. The van der Waals surface area contributed by atoms with E-state index < -0.39 is 0 Å². The summed E-state index contributed by atoms with van der Waals surface area (Å²) in [4.78, 5) is 12.7. The fourth-order valence-electron chi connectivity index (χ4n) is 3.73. The van der Waals surface area contributed by atoms with Crippen molar-refractivity contribution in [3.63, 3.8) is 0 Å². The summed E-state index contributed by atoms with van der Waals surface area (Å²) in [6, 6.07) is 7.27. The first-order chi connectivity index (χ1) is 10.9. The predicted molar refractivity (Wildman–Crippen MR) is 103 cm³/mol. The van der Waals surface area contributed by atoms with Crippen LogP contribution in [-0.4, -0.2) is 12.5 Å². The highest BCUT2D eigenvalue weighted by molar-refractivity contribution is 6.31. The monoisotopic (exact) mass is 372 g/mol. The molecule has 0 radical (unpaired) electrons. The van der Waals surface area contributed by atoms with E-state index in [9.17, 15) is 4.79 Å². The molecule has 136 valence electrons. The average molecular weight is 373 g/mol. The zero-order valence-electron chi connectivity index (χ0n) is 14.8. The van der Waals surface area contributed by atoms with E-state index in [-0.39, 0.29) is 30.3 Å². The van der Waals surface area contributed by atoms with E-state index in [1.165, 1.54) is 6.42 Å². The van der Waals surface area contributed by atoms with Crippen molar-refractivity contribution in [1.29, 1.82) is 0 Å². The molecule has 1 aromatic carbocycles. The minimum atomic E-state index is -0.272. The van der Waals surface area contributed by atoms with E-state index in [1.54, 1.807) is 0 Å². The van der Waals surface area contributed by atoms with Gasteiger partial charge in [-0.15, -0.1) is 12.4 Å². The number of nitrogens with one attached hydrogen (secondary N) is 1. The number of hydrogen-bond acceptors (Lipinski definition) is 2. The number of hydrogen-bond donors (Lipinski definition) is 2. The number of nitrogens with two attached hydrogens (primary N) is 1. The van der Waals surface area contributed by atoms with Gasteiger partial charge in [0.05, 0.1) is 0 Å². The Morgan fingerprint density at radius 2 is 2.00 bits per heavy atom. The van der Waals surface area contributed by atoms with Crippen molar-refractivity contribution in [3.8, 4) is 0 Å². The molecule has 3 N–H and O–H groups in total. The van der Waals surface area contributed by atoms with E-state index in [1.807, 2.05) is 24.3 Å². The van der Waals surface area contributed by atoms with Crippen molar-refractivity contribution >= 4 is 29.9 Å². The molecular formula is C19H30Cl2N2O. The van der Waals surface area contributed by atoms with Crippen molar-refractivity contribution in [3.05, 3.63) is 34.9 Å². The molecule has 1 amide bonds. The van der Waals surface area contributed by atoms with Gasteiger partial charge in [-0.3, -0.25) is 4.79 Å². The fraction of sp³-hybridized carbons (Fsp3) is 0.632. The van der Waals surface area contributed by atoms with E-state index in [0.29, 0.717) is 29.3 Å². The second kappa shape index (κ2) is 9.65. The van der Waals surface area contributed by atoms with Gasteiger partial charge in [-0.25, -0.2) is 0 Å². The maximum Gasteiger partial charge on any atom is 0.223 e. The van der Waals surface area contributed by atoms with Crippen molar-refractivity contribution in [2.75, 3.05) is 6.54 Å². The highest BCUT2D eigenvalue weighted by atomic mass is 35.5. The van der Waals surface area contributed by atoms with Gasteiger partial charge >= 0.3 is 0 Å². The number of benzene rings is 1. The van der Waals surface area contributed by atoms with Crippen LogP contribution in [0.4, 0.5) is 0 Å². The van der Waals surface area contributed by atoms with E-state index in [4.69, 9.17) is 17.3 Å². The van der Waals surface area contributed by atoms with Gasteiger partial charge in [0, 0.05) is 23.5 Å². The summed E-state index contributed by atoms with van der Waals surface area (Å²) in [5.41, 5.74) is 7.08. The second-order valence-electron chi connectivity index (χ2n) is 7.31.